The average Bonchev–Trinajstić information content (AvgIpc) is 2.08. The summed E-state index contributed by atoms with van der Waals surface area (Å²) in [6, 6.07) is 0.654. The van der Waals surface area contributed by atoms with E-state index in [9.17, 15) is 0 Å². The van der Waals surface area contributed by atoms with Gasteiger partial charge < -0.3 is 5.11 Å². The van der Waals surface area contributed by atoms with E-state index in [1.54, 1.807) is 0 Å². The molecule has 0 saturated carbocycles. The molecule has 0 spiro atoms. The van der Waals surface area contributed by atoms with Crippen molar-refractivity contribution in [1.29, 1.82) is 0 Å². The van der Waals surface area contributed by atoms with E-state index < -0.39 is 0 Å². The highest BCUT2D eigenvalue weighted by molar-refractivity contribution is 4.82. The summed E-state index contributed by atoms with van der Waals surface area (Å²) in [5.41, 5.74) is 0. The zero-order valence-electron chi connectivity index (χ0n) is 9.16. The van der Waals surface area contributed by atoms with Crippen LogP contribution in [0.25, 0.3) is 0 Å². The SMILES string of the molecule is CC(C)[C@@H]1CCCN(CCO)[C@H]1C. The van der Waals surface area contributed by atoms with Gasteiger partial charge in [-0.1, -0.05) is 13.8 Å². The van der Waals surface area contributed by atoms with E-state index in [2.05, 4.69) is 25.7 Å². The van der Waals surface area contributed by atoms with Crippen LogP contribution in [0.3, 0.4) is 0 Å². The number of β-amino-alcohol motifs (C(OH)–C–C–N with tert-alkyl or cyclic N) is 1. The maximum Gasteiger partial charge on any atom is 0.0558 e. The minimum absolute atomic E-state index is 0.301. The molecule has 0 bridgehead atoms. The van der Waals surface area contributed by atoms with E-state index >= 15 is 0 Å². The molecule has 0 aliphatic carbocycles. The molecule has 0 unspecified atom stereocenters. The van der Waals surface area contributed by atoms with Gasteiger partial charge in [0.15, 0.2) is 0 Å². The molecule has 1 heterocycles. The zero-order valence-corrected chi connectivity index (χ0v) is 9.16. The van der Waals surface area contributed by atoms with Crippen LogP contribution in [0.5, 0.6) is 0 Å². The molecule has 1 fully saturated rings. The predicted octanol–water partition coefficient (Wildman–Crippen LogP) is 1.74. The molecule has 0 amide bonds. The quantitative estimate of drug-likeness (QED) is 0.724. The van der Waals surface area contributed by atoms with E-state index in [-0.39, 0.29) is 0 Å². The molecule has 2 atom stereocenters. The van der Waals surface area contributed by atoms with Crippen LogP contribution in [0.1, 0.15) is 33.6 Å². The molecule has 1 saturated heterocycles. The van der Waals surface area contributed by atoms with Crippen molar-refractivity contribution in [2.75, 3.05) is 19.7 Å². The Morgan fingerprint density at radius 3 is 2.69 bits per heavy atom. The lowest BCUT2D eigenvalue weighted by Crippen LogP contribution is -2.46. The lowest BCUT2D eigenvalue weighted by molar-refractivity contribution is 0.0636. The Bertz CT molecular complexity index is 145. The summed E-state index contributed by atoms with van der Waals surface area (Å²) in [6.07, 6.45) is 2.66. The lowest BCUT2D eigenvalue weighted by atomic mass is 9.82. The Morgan fingerprint density at radius 1 is 1.46 bits per heavy atom. The summed E-state index contributed by atoms with van der Waals surface area (Å²) in [4.78, 5) is 2.42. The van der Waals surface area contributed by atoms with Gasteiger partial charge in [0, 0.05) is 12.6 Å². The number of aliphatic hydroxyl groups is 1. The van der Waals surface area contributed by atoms with E-state index in [4.69, 9.17) is 5.11 Å². The van der Waals surface area contributed by atoms with Crippen molar-refractivity contribution in [2.45, 2.75) is 39.7 Å². The fraction of sp³-hybridized carbons (Fsp3) is 1.00. The number of piperidine rings is 1. The summed E-state index contributed by atoms with van der Waals surface area (Å²) >= 11 is 0. The third-order valence-electron chi connectivity index (χ3n) is 3.42. The van der Waals surface area contributed by atoms with Crippen LogP contribution < -0.4 is 0 Å². The molecule has 0 aromatic rings. The minimum atomic E-state index is 0.301. The van der Waals surface area contributed by atoms with Crippen molar-refractivity contribution in [2.24, 2.45) is 11.8 Å². The van der Waals surface area contributed by atoms with Crippen LogP contribution in [0.2, 0.25) is 0 Å². The second kappa shape index (κ2) is 4.97. The van der Waals surface area contributed by atoms with Gasteiger partial charge in [0.05, 0.1) is 6.61 Å². The predicted molar refractivity (Wildman–Crippen MR) is 55.7 cm³/mol. The van der Waals surface area contributed by atoms with Gasteiger partial charge in [-0.15, -0.1) is 0 Å². The maximum atomic E-state index is 8.92. The van der Waals surface area contributed by atoms with Crippen molar-refractivity contribution in [1.82, 2.24) is 4.90 Å². The third kappa shape index (κ3) is 2.68. The van der Waals surface area contributed by atoms with E-state index in [1.807, 2.05) is 0 Å². The highest BCUT2D eigenvalue weighted by Crippen LogP contribution is 2.28. The summed E-state index contributed by atoms with van der Waals surface area (Å²) in [6.45, 7) is 9.25. The molecule has 1 rings (SSSR count). The molecule has 2 heteroatoms. The standard InChI is InChI=1S/C11H23NO/c1-9(2)11-5-4-6-12(7-8-13)10(11)3/h9-11,13H,4-8H2,1-3H3/t10-,11-/m0/s1. The second-order valence-corrected chi connectivity index (χ2v) is 4.55. The molecule has 0 radical (unpaired) electrons. The third-order valence-corrected chi connectivity index (χ3v) is 3.42. The Hall–Kier alpha value is -0.0800. The molecular formula is C11H23NO. The monoisotopic (exact) mass is 185 g/mol. The first-order chi connectivity index (χ1) is 6.16. The average molecular weight is 185 g/mol. The van der Waals surface area contributed by atoms with Gasteiger partial charge >= 0.3 is 0 Å². The molecule has 1 aliphatic heterocycles. The zero-order chi connectivity index (χ0) is 9.84. The number of aliphatic hydroxyl groups excluding tert-OH is 1. The molecule has 1 N–H and O–H groups in total. The van der Waals surface area contributed by atoms with Gasteiger partial charge in [0.2, 0.25) is 0 Å². The van der Waals surface area contributed by atoms with Crippen LogP contribution >= 0.6 is 0 Å². The Kier molecular flexibility index (Phi) is 4.20. The number of nitrogens with zero attached hydrogens (tertiary/aromatic N) is 1. The number of rotatable bonds is 3. The lowest BCUT2D eigenvalue weighted by Gasteiger charge is -2.41. The topological polar surface area (TPSA) is 23.5 Å². The molecule has 78 valence electrons. The maximum absolute atomic E-state index is 8.92. The molecule has 0 aromatic carbocycles. The first-order valence-corrected chi connectivity index (χ1v) is 5.51. The van der Waals surface area contributed by atoms with Gasteiger partial charge in [0.1, 0.15) is 0 Å². The van der Waals surface area contributed by atoms with Crippen LogP contribution in [0, 0.1) is 11.8 Å². The number of hydrogen-bond donors (Lipinski definition) is 1. The number of likely N-dealkylation sites (tertiary alicyclic amines) is 1. The summed E-state index contributed by atoms with van der Waals surface area (Å²) in [5.74, 6) is 1.59. The molecular weight excluding hydrogens is 162 g/mol. The van der Waals surface area contributed by atoms with Crippen LogP contribution in [0.15, 0.2) is 0 Å². The van der Waals surface area contributed by atoms with Gasteiger partial charge in [0.25, 0.3) is 0 Å². The normalized spacial score (nSPS) is 31.2. The van der Waals surface area contributed by atoms with Gasteiger partial charge in [-0.25, -0.2) is 0 Å². The minimum Gasteiger partial charge on any atom is -0.395 e. The smallest absolute Gasteiger partial charge is 0.0558 e. The molecule has 13 heavy (non-hydrogen) atoms. The van der Waals surface area contributed by atoms with Crippen LogP contribution in [-0.4, -0.2) is 35.7 Å². The molecule has 1 aliphatic rings. The van der Waals surface area contributed by atoms with Gasteiger partial charge in [-0.05, 0) is 38.1 Å². The second-order valence-electron chi connectivity index (χ2n) is 4.55. The van der Waals surface area contributed by atoms with Crippen LogP contribution in [-0.2, 0) is 0 Å². The van der Waals surface area contributed by atoms with Crippen molar-refractivity contribution in [3.05, 3.63) is 0 Å². The Balaban J connectivity index is 2.49. The fourth-order valence-corrected chi connectivity index (χ4v) is 2.58. The molecule has 2 nitrogen and oxygen atoms in total. The van der Waals surface area contributed by atoms with Gasteiger partial charge in [-0.2, -0.15) is 0 Å². The van der Waals surface area contributed by atoms with E-state index in [0.717, 1.165) is 18.4 Å². The summed E-state index contributed by atoms with van der Waals surface area (Å²) in [7, 11) is 0. The van der Waals surface area contributed by atoms with E-state index in [1.165, 1.54) is 19.4 Å². The fourth-order valence-electron chi connectivity index (χ4n) is 2.58. The van der Waals surface area contributed by atoms with E-state index in [0.29, 0.717) is 12.6 Å². The summed E-state index contributed by atoms with van der Waals surface area (Å²) < 4.78 is 0. The molecule has 0 aromatic heterocycles. The van der Waals surface area contributed by atoms with Gasteiger partial charge in [-0.3, -0.25) is 4.90 Å². The van der Waals surface area contributed by atoms with Crippen molar-refractivity contribution in [3.63, 3.8) is 0 Å². The Morgan fingerprint density at radius 2 is 2.15 bits per heavy atom. The highest BCUT2D eigenvalue weighted by Gasteiger charge is 2.29. The highest BCUT2D eigenvalue weighted by atomic mass is 16.3. The first-order valence-electron chi connectivity index (χ1n) is 5.51. The van der Waals surface area contributed by atoms with Crippen molar-refractivity contribution >= 4 is 0 Å². The van der Waals surface area contributed by atoms with Crippen molar-refractivity contribution < 1.29 is 5.11 Å². The van der Waals surface area contributed by atoms with Crippen LogP contribution in [0.4, 0.5) is 0 Å². The first kappa shape index (κ1) is 11.0. The van der Waals surface area contributed by atoms with Crippen molar-refractivity contribution in [3.8, 4) is 0 Å². The largest absolute Gasteiger partial charge is 0.395 e. The Labute approximate surface area is 81.9 Å². The number of hydrogen-bond acceptors (Lipinski definition) is 2. The summed E-state index contributed by atoms with van der Waals surface area (Å²) in [5, 5.41) is 8.92.